The van der Waals surface area contributed by atoms with Gasteiger partial charge in [-0.05, 0) is 30.7 Å². The first kappa shape index (κ1) is 10.1. The number of pyridine rings is 1. The highest BCUT2D eigenvalue weighted by Crippen LogP contribution is 2.15. The molecule has 0 atom stereocenters. The summed E-state index contributed by atoms with van der Waals surface area (Å²) in [5.74, 6) is 1.17. The van der Waals surface area contributed by atoms with Crippen molar-refractivity contribution in [1.29, 1.82) is 0 Å². The van der Waals surface area contributed by atoms with Gasteiger partial charge in [0.15, 0.2) is 0 Å². The number of hydrogen-bond donors (Lipinski definition) is 0. The van der Waals surface area contributed by atoms with E-state index in [2.05, 4.69) is 27.0 Å². The maximum Gasteiger partial charge on any atom is 0.0959 e. The molecule has 0 unspecified atom stereocenters. The highest BCUT2D eigenvalue weighted by molar-refractivity contribution is 9.09. The van der Waals surface area contributed by atoms with Gasteiger partial charge in [-0.3, -0.25) is 0 Å². The number of alkyl halides is 1. The van der Waals surface area contributed by atoms with Gasteiger partial charge in [0.2, 0.25) is 0 Å². The minimum atomic E-state index is 1.11. The molecule has 0 aliphatic carbocycles. The molecular formula is C9H12BrNS. The topological polar surface area (TPSA) is 12.9 Å². The predicted molar refractivity (Wildman–Crippen MR) is 58.0 cm³/mol. The third-order valence-corrected chi connectivity index (χ3v) is 3.01. The molecule has 0 N–H and O–H groups in total. The zero-order valence-corrected chi connectivity index (χ0v) is 9.27. The third kappa shape index (κ3) is 4.12. The largest absolute Gasteiger partial charge is 0.250 e. The Morgan fingerprint density at radius 2 is 2.25 bits per heavy atom. The molecule has 0 bridgehead atoms. The number of aromatic nitrogens is 1. The number of nitrogens with zero attached hydrogens (tertiary/aromatic N) is 1. The standard InChI is InChI=1S/C9H12BrNS/c10-6-2-4-8-12-9-5-1-3-7-11-9/h1,3,5,7H,2,4,6,8H2. The first-order valence-corrected chi connectivity index (χ1v) is 6.14. The molecule has 0 spiro atoms. The fourth-order valence-electron chi connectivity index (χ4n) is 0.806. The van der Waals surface area contributed by atoms with Crippen LogP contribution in [0.2, 0.25) is 0 Å². The van der Waals surface area contributed by atoms with Gasteiger partial charge in [0.1, 0.15) is 0 Å². The van der Waals surface area contributed by atoms with Crippen molar-refractivity contribution >= 4 is 27.7 Å². The van der Waals surface area contributed by atoms with Crippen molar-refractivity contribution in [3.05, 3.63) is 24.4 Å². The van der Waals surface area contributed by atoms with Crippen LogP contribution in [-0.2, 0) is 0 Å². The average molecular weight is 246 g/mol. The maximum absolute atomic E-state index is 4.23. The van der Waals surface area contributed by atoms with Crippen LogP contribution in [0.15, 0.2) is 29.4 Å². The van der Waals surface area contributed by atoms with E-state index in [9.17, 15) is 0 Å². The fourth-order valence-corrected chi connectivity index (χ4v) is 2.07. The summed E-state index contributed by atoms with van der Waals surface area (Å²) in [5, 5.41) is 2.24. The Bertz CT molecular complexity index is 203. The van der Waals surface area contributed by atoms with Gasteiger partial charge in [-0.2, -0.15) is 0 Å². The van der Waals surface area contributed by atoms with E-state index < -0.39 is 0 Å². The van der Waals surface area contributed by atoms with Crippen molar-refractivity contribution in [1.82, 2.24) is 4.98 Å². The van der Waals surface area contributed by atoms with Crippen LogP contribution in [0.25, 0.3) is 0 Å². The lowest BCUT2D eigenvalue weighted by atomic mass is 10.4. The van der Waals surface area contributed by atoms with Gasteiger partial charge in [-0.1, -0.05) is 22.0 Å². The second kappa shape index (κ2) is 6.49. The molecule has 66 valence electrons. The van der Waals surface area contributed by atoms with Crippen molar-refractivity contribution < 1.29 is 0 Å². The van der Waals surface area contributed by atoms with Crippen molar-refractivity contribution in [2.75, 3.05) is 11.1 Å². The van der Waals surface area contributed by atoms with Gasteiger partial charge in [0.25, 0.3) is 0 Å². The molecule has 0 saturated carbocycles. The van der Waals surface area contributed by atoms with E-state index in [1.54, 1.807) is 0 Å². The SMILES string of the molecule is BrCCCCSc1ccccn1. The van der Waals surface area contributed by atoms with E-state index in [1.165, 1.54) is 18.6 Å². The van der Waals surface area contributed by atoms with Crippen molar-refractivity contribution in [3.63, 3.8) is 0 Å². The molecule has 1 heterocycles. The molecule has 1 aromatic rings. The van der Waals surface area contributed by atoms with Crippen molar-refractivity contribution in [2.45, 2.75) is 17.9 Å². The molecule has 1 rings (SSSR count). The zero-order valence-electron chi connectivity index (χ0n) is 6.87. The lowest BCUT2D eigenvalue weighted by Crippen LogP contribution is -1.83. The molecule has 0 aromatic carbocycles. The number of thioether (sulfide) groups is 1. The Kier molecular flexibility index (Phi) is 5.44. The first-order chi connectivity index (χ1) is 5.93. The van der Waals surface area contributed by atoms with Crippen molar-refractivity contribution in [2.24, 2.45) is 0 Å². The van der Waals surface area contributed by atoms with Crippen molar-refractivity contribution in [3.8, 4) is 0 Å². The molecule has 1 aromatic heterocycles. The Morgan fingerprint density at radius 1 is 1.33 bits per heavy atom. The number of hydrogen-bond acceptors (Lipinski definition) is 2. The van der Waals surface area contributed by atoms with Gasteiger partial charge in [0, 0.05) is 11.5 Å². The van der Waals surface area contributed by atoms with Crippen LogP contribution in [0.1, 0.15) is 12.8 Å². The van der Waals surface area contributed by atoms with E-state index in [-0.39, 0.29) is 0 Å². The van der Waals surface area contributed by atoms with E-state index >= 15 is 0 Å². The normalized spacial score (nSPS) is 10.1. The molecule has 0 aliphatic heterocycles. The van der Waals surface area contributed by atoms with Crippen LogP contribution < -0.4 is 0 Å². The summed E-state index contributed by atoms with van der Waals surface area (Å²) in [4.78, 5) is 4.23. The minimum absolute atomic E-state index is 1.11. The van der Waals surface area contributed by atoms with Crippen LogP contribution in [0.3, 0.4) is 0 Å². The fraction of sp³-hybridized carbons (Fsp3) is 0.444. The maximum atomic E-state index is 4.23. The minimum Gasteiger partial charge on any atom is -0.250 e. The Morgan fingerprint density at radius 3 is 2.92 bits per heavy atom. The summed E-state index contributed by atoms with van der Waals surface area (Å²) < 4.78 is 0. The quantitative estimate of drug-likeness (QED) is 0.449. The summed E-state index contributed by atoms with van der Waals surface area (Å²) in [6.07, 6.45) is 4.35. The summed E-state index contributed by atoms with van der Waals surface area (Å²) in [7, 11) is 0. The number of rotatable bonds is 5. The highest BCUT2D eigenvalue weighted by Gasteiger charge is 1.92. The molecule has 3 heteroatoms. The van der Waals surface area contributed by atoms with E-state index in [0.717, 1.165) is 10.4 Å². The molecule has 0 fully saturated rings. The summed E-state index contributed by atoms with van der Waals surface area (Å²) >= 11 is 5.24. The summed E-state index contributed by atoms with van der Waals surface area (Å²) in [6.45, 7) is 0. The second-order valence-corrected chi connectivity index (χ2v) is 4.32. The molecule has 0 saturated heterocycles. The monoisotopic (exact) mass is 245 g/mol. The molecule has 0 aliphatic rings. The van der Waals surface area contributed by atoms with Crippen LogP contribution in [-0.4, -0.2) is 16.1 Å². The Labute approximate surface area is 86.1 Å². The van der Waals surface area contributed by atoms with E-state index in [4.69, 9.17) is 0 Å². The van der Waals surface area contributed by atoms with Crippen LogP contribution in [0.5, 0.6) is 0 Å². The Hall–Kier alpha value is -0.0200. The van der Waals surface area contributed by atoms with Gasteiger partial charge in [-0.15, -0.1) is 11.8 Å². The number of halogens is 1. The van der Waals surface area contributed by atoms with Gasteiger partial charge in [0.05, 0.1) is 5.03 Å². The van der Waals surface area contributed by atoms with Gasteiger partial charge >= 0.3 is 0 Å². The van der Waals surface area contributed by atoms with Crippen LogP contribution >= 0.6 is 27.7 Å². The lowest BCUT2D eigenvalue weighted by Gasteiger charge is -1.98. The molecule has 0 radical (unpaired) electrons. The van der Waals surface area contributed by atoms with Crippen LogP contribution in [0, 0.1) is 0 Å². The molecule has 1 nitrogen and oxygen atoms in total. The smallest absolute Gasteiger partial charge is 0.0959 e. The third-order valence-electron chi connectivity index (χ3n) is 1.42. The lowest BCUT2D eigenvalue weighted by molar-refractivity contribution is 0.911. The highest BCUT2D eigenvalue weighted by atomic mass is 79.9. The zero-order chi connectivity index (χ0) is 8.65. The molecule has 12 heavy (non-hydrogen) atoms. The van der Waals surface area contributed by atoms with E-state index in [1.807, 2.05) is 30.1 Å². The number of unbranched alkanes of at least 4 members (excludes halogenated alkanes) is 1. The summed E-state index contributed by atoms with van der Waals surface area (Å²) in [5.41, 5.74) is 0. The molecular weight excluding hydrogens is 234 g/mol. The molecule has 0 amide bonds. The first-order valence-electron chi connectivity index (χ1n) is 4.03. The average Bonchev–Trinajstić information content (AvgIpc) is 2.14. The van der Waals surface area contributed by atoms with Crippen LogP contribution in [0.4, 0.5) is 0 Å². The second-order valence-electron chi connectivity index (χ2n) is 2.41. The summed E-state index contributed by atoms with van der Waals surface area (Å²) in [6, 6.07) is 6.03. The Balaban J connectivity index is 2.16. The predicted octanol–water partition coefficient (Wildman–Crippen LogP) is 3.35. The van der Waals surface area contributed by atoms with Gasteiger partial charge < -0.3 is 0 Å². The van der Waals surface area contributed by atoms with E-state index in [0.29, 0.717) is 0 Å². The van der Waals surface area contributed by atoms with Gasteiger partial charge in [-0.25, -0.2) is 4.98 Å².